The molecule has 4 nitrogen and oxygen atoms in total. The molecule has 0 N–H and O–H groups in total. The molecule has 0 aliphatic heterocycles. The fourth-order valence-corrected chi connectivity index (χ4v) is 2.37. The van der Waals surface area contributed by atoms with Crippen LogP contribution in [-0.2, 0) is 4.79 Å². The molecule has 0 amide bonds. The molecule has 2 aromatic rings. The summed E-state index contributed by atoms with van der Waals surface area (Å²) in [6.45, 7) is 2.04. The topological polar surface area (TPSA) is 47.3 Å². The summed E-state index contributed by atoms with van der Waals surface area (Å²) in [4.78, 5) is 15.8. The second kappa shape index (κ2) is 3.95. The van der Waals surface area contributed by atoms with E-state index in [0.717, 1.165) is 24.3 Å². The van der Waals surface area contributed by atoms with Crippen LogP contribution in [0.1, 0.15) is 43.0 Å². The number of pyridine rings is 1. The highest BCUT2D eigenvalue weighted by atomic mass is 16.1. The maximum absolute atomic E-state index is 11.2. The Hall–Kier alpha value is -1.71. The van der Waals surface area contributed by atoms with Crippen molar-refractivity contribution in [1.82, 2.24) is 14.6 Å². The molecule has 0 bridgehead atoms. The molecule has 17 heavy (non-hydrogen) atoms. The summed E-state index contributed by atoms with van der Waals surface area (Å²) < 4.78 is 1.83. The lowest BCUT2D eigenvalue weighted by atomic mass is 9.88. The number of carbonyl (C=O) groups is 1. The number of fused-ring (bicyclic) bond motifs is 1. The van der Waals surface area contributed by atoms with E-state index in [1.165, 1.54) is 5.56 Å². The molecule has 1 aliphatic rings. The zero-order chi connectivity index (χ0) is 11.8. The largest absolute Gasteiger partial charge is 0.300 e. The van der Waals surface area contributed by atoms with Crippen molar-refractivity contribution in [2.45, 2.75) is 38.5 Å². The van der Waals surface area contributed by atoms with Gasteiger partial charge in [0.25, 0.3) is 0 Å². The van der Waals surface area contributed by atoms with Gasteiger partial charge in [-0.3, -0.25) is 4.79 Å². The molecule has 3 rings (SSSR count). The molecule has 0 spiro atoms. The van der Waals surface area contributed by atoms with Gasteiger partial charge in [0, 0.05) is 25.0 Å². The third kappa shape index (κ3) is 1.95. The summed E-state index contributed by atoms with van der Waals surface area (Å²) in [7, 11) is 0. The summed E-state index contributed by atoms with van der Waals surface area (Å²) in [5.74, 6) is 1.62. The predicted octanol–water partition coefficient (Wildman–Crippen LogP) is 2.26. The van der Waals surface area contributed by atoms with Gasteiger partial charge in [0.15, 0.2) is 11.5 Å². The van der Waals surface area contributed by atoms with E-state index in [0.29, 0.717) is 24.5 Å². The van der Waals surface area contributed by atoms with E-state index < -0.39 is 0 Å². The van der Waals surface area contributed by atoms with Crippen molar-refractivity contribution < 1.29 is 4.79 Å². The summed E-state index contributed by atoms with van der Waals surface area (Å²) >= 11 is 0. The summed E-state index contributed by atoms with van der Waals surface area (Å²) in [6, 6.07) is 4.03. The van der Waals surface area contributed by atoms with Gasteiger partial charge < -0.3 is 0 Å². The number of aromatic nitrogens is 3. The van der Waals surface area contributed by atoms with Crippen LogP contribution in [0, 0.1) is 6.92 Å². The quantitative estimate of drug-likeness (QED) is 0.753. The van der Waals surface area contributed by atoms with Crippen LogP contribution in [0.4, 0.5) is 0 Å². The highest BCUT2D eigenvalue weighted by Gasteiger charge is 2.23. The van der Waals surface area contributed by atoms with Crippen LogP contribution >= 0.6 is 0 Å². The van der Waals surface area contributed by atoms with Crippen LogP contribution < -0.4 is 0 Å². The molecule has 4 heteroatoms. The van der Waals surface area contributed by atoms with E-state index in [-0.39, 0.29) is 0 Å². The fraction of sp³-hybridized carbons (Fsp3) is 0.462. The lowest BCUT2D eigenvalue weighted by Crippen LogP contribution is -2.13. The van der Waals surface area contributed by atoms with E-state index in [1.54, 1.807) is 0 Å². The maximum Gasteiger partial charge on any atom is 0.155 e. The Balaban J connectivity index is 1.92. The van der Waals surface area contributed by atoms with Crippen molar-refractivity contribution in [3.8, 4) is 0 Å². The standard InChI is InChI=1S/C13H15N3O/c1-9-2-7-12-14-13(15-16(12)8-9)10-3-5-11(17)6-4-10/h2,7-8,10H,3-6H2,1H3. The van der Waals surface area contributed by atoms with Crippen LogP contribution in [0.2, 0.25) is 0 Å². The molecule has 2 heterocycles. The van der Waals surface area contributed by atoms with E-state index >= 15 is 0 Å². The SMILES string of the molecule is Cc1ccc2nc(C3CCC(=O)CC3)nn2c1. The Morgan fingerprint density at radius 2 is 2.06 bits per heavy atom. The van der Waals surface area contributed by atoms with Crippen LogP contribution in [0.15, 0.2) is 18.3 Å². The molecule has 88 valence electrons. The van der Waals surface area contributed by atoms with Crippen molar-refractivity contribution in [1.29, 1.82) is 0 Å². The molecule has 2 aromatic heterocycles. The number of hydrogen-bond acceptors (Lipinski definition) is 3. The number of carbonyl (C=O) groups excluding carboxylic acids is 1. The Morgan fingerprint density at radius 3 is 2.82 bits per heavy atom. The minimum Gasteiger partial charge on any atom is -0.300 e. The van der Waals surface area contributed by atoms with E-state index in [9.17, 15) is 4.79 Å². The Bertz CT molecular complexity index is 563. The molecule has 0 unspecified atom stereocenters. The minimum atomic E-state index is 0.355. The molecule has 0 radical (unpaired) electrons. The molecule has 1 saturated carbocycles. The Kier molecular flexibility index (Phi) is 2.42. The van der Waals surface area contributed by atoms with Crippen molar-refractivity contribution >= 4 is 11.4 Å². The number of rotatable bonds is 1. The summed E-state index contributed by atoms with van der Waals surface area (Å²) in [5, 5.41) is 4.52. The monoisotopic (exact) mass is 229 g/mol. The smallest absolute Gasteiger partial charge is 0.155 e. The van der Waals surface area contributed by atoms with Gasteiger partial charge in [0.05, 0.1) is 0 Å². The zero-order valence-corrected chi connectivity index (χ0v) is 9.89. The van der Waals surface area contributed by atoms with Gasteiger partial charge in [-0.1, -0.05) is 6.07 Å². The van der Waals surface area contributed by atoms with Gasteiger partial charge in [-0.25, -0.2) is 9.50 Å². The van der Waals surface area contributed by atoms with Gasteiger partial charge in [-0.05, 0) is 31.4 Å². The number of ketones is 1. The van der Waals surface area contributed by atoms with Crippen molar-refractivity contribution in [3.05, 3.63) is 29.7 Å². The van der Waals surface area contributed by atoms with Gasteiger partial charge >= 0.3 is 0 Å². The first-order valence-electron chi connectivity index (χ1n) is 6.07. The minimum absolute atomic E-state index is 0.355. The average molecular weight is 229 g/mol. The zero-order valence-electron chi connectivity index (χ0n) is 9.89. The number of Topliss-reactive ketones (excluding diaryl/α,β-unsaturated/α-hetero) is 1. The molecular formula is C13H15N3O. The first-order chi connectivity index (χ1) is 8.22. The first kappa shape index (κ1) is 10.4. The fourth-order valence-electron chi connectivity index (χ4n) is 2.37. The van der Waals surface area contributed by atoms with Crippen LogP contribution in [-0.4, -0.2) is 20.4 Å². The van der Waals surface area contributed by atoms with Gasteiger partial charge in [-0.15, -0.1) is 0 Å². The maximum atomic E-state index is 11.2. The van der Waals surface area contributed by atoms with Crippen molar-refractivity contribution in [2.24, 2.45) is 0 Å². The second-order valence-electron chi connectivity index (χ2n) is 4.79. The normalized spacial score (nSPS) is 17.8. The first-order valence-corrected chi connectivity index (χ1v) is 6.07. The number of nitrogens with zero attached hydrogens (tertiary/aromatic N) is 3. The number of aryl methyl sites for hydroxylation is 1. The van der Waals surface area contributed by atoms with Crippen LogP contribution in [0.5, 0.6) is 0 Å². The Labute approximate surface area is 99.7 Å². The lowest BCUT2D eigenvalue weighted by molar-refractivity contribution is -0.120. The Morgan fingerprint density at radius 1 is 1.29 bits per heavy atom. The second-order valence-corrected chi connectivity index (χ2v) is 4.79. The third-order valence-corrected chi connectivity index (χ3v) is 3.40. The molecule has 1 aliphatic carbocycles. The van der Waals surface area contributed by atoms with Crippen molar-refractivity contribution in [2.75, 3.05) is 0 Å². The molecule has 1 fully saturated rings. The van der Waals surface area contributed by atoms with Crippen molar-refractivity contribution in [3.63, 3.8) is 0 Å². The van der Waals surface area contributed by atoms with Gasteiger partial charge in [0.1, 0.15) is 5.78 Å². The van der Waals surface area contributed by atoms with Gasteiger partial charge in [0.2, 0.25) is 0 Å². The summed E-state index contributed by atoms with van der Waals surface area (Å²) in [6.07, 6.45) is 5.14. The molecule has 0 aromatic carbocycles. The van der Waals surface area contributed by atoms with E-state index in [1.807, 2.05) is 29.8 Å². The highest BCUT2D eigenvalue weighted by molar-refractivity contribution is 5.79. The highest BCUT2D eigenvalue weighted by Crippen LogP contribution is 2.29. The summed E-state index contributed by atoms with van der Waals surface area (Å²) in [5.41, 5.74) is 2.07. The lowest BCUT2D eigenvalue weighted by Gasteiger charge is -2.17. The van der Waals surface area contributed by atoms with Crippen LogP contribution in [0.3, 0.4) is 0 Å². The predicted molar refractivity (Wildman–Crippen MR) is 63.9 cm³/mol. The molecular weight excluding hydrogens is 214 g/mol. The van der Waals surface area contributed by atoms with E-state index in [4.69, 9.17) is 0 Å². The third-order valence-electron chi connectivity index (χ3n) is 3.40. The molecule has 0 atom stereocenters. The average Bonchev–Trinajstić information content (AvgIpc) is 2.72. The van der Waals surface area contributed by atoms with Crippen LogP contribution in [0.25, 0.3) is 5.65 Å². The molecule has 0 saturated heterocycles. The number of hydrogen-bond donors (Lipinski definition) is 0. The van der Waals surface area contributed by atoms with E-state index in [2.05, 4.69) is 10.1 Å². The van der Waals surface area contributed by atoms with Gasteiger partial charge in [-0.2, -0.15) is 5.10 Å².